The van der Waals surface area contributed by atoms with Crippen LogP contribution >= 0.6 is 11.3 Å². The first-order valence-corrected chi connectivity index (χ1v) is 14.3. The van der Waals surface area contributed by atoms with Gasteiger partial charge in [-0.25, -0.2) is 13.8 Å². The normalized spacial score (nSPS) is 26.3. The Labute approximate surface area is 237 Å². The van der Waals surface area contributed by atoms with Crippen molar-refractivity contribution in [3.8, 4) is 11.9 Å². The Morgan fingerprint density at radius 3 is 2.80 bits per heavy atom. The van der Waals surface area contributed by atoms with Crippen LogP contribution in [0.3, 0.4) is 0 Å². The van der Waals surface area contributed by atoms with Gasteiger partial charge in [0.25, 0.3) is 0 Å². The number of aliphatic hydroxyl groups excluding tert-OH is 2. The summed E-state index contributed by atoms with van der Waals surface area (Å²) in [6.07, 6.45) is 0.989. The van der Waals surface area contributed by atoms with Crippen molar-refractivity contribution in [2.45, 2.75) is 49.7 Å². The van der Waals surface area contributed by atoms with Crippen LogP contribution in [0.4, 0.5) is 19.7 Å². The van der Waals surface area contributed by atoms with Crippen molar-refractivity contribution < 1.29 is 23.7 Å². The summed E-state index contributed by atoms with van der Waals surface area (Å²) in [6, 6.07) is 5.06. The molecule has 6 heterocycles. The average molecular weight is 583 g/mol. The van der Waals surface area contributed by atoms with Crippen LogP contribution < -0.4 is 15.4 Å². The average Bonchev–Trinajstić information content (AvgIpc) is 3.74. The molecule has 0 radical (unpaired) electrons. The van der Waals surface area contributed by atoms with Crippen LogP contribution in [0.25, 0.3) is 21.3 Å². The third-order valence-electron chi connectivity index (χ3n) is 8.56. The second-order valence-electron chi connectivity index (χ2n) is 11.1. The van der Waals surface area contributed by atoms with Crippen molar-refractivity contribution in [1.29, 1.82) is 5.26 Å². The molecule has 7 rings (SSSR count). The molecule has 1 aromatic carbocycles. The number of anilines is 2. The van der Waals surface area contributed by atoms with Gasteiger partial charge in [0.1, 0.15) is 29.7 Å². The highest BCUT2D eigenvalue weighted by atomic mass is 32.1. The Bertz CT molecular complexity index is 1700. The molecule has 4 atom stereocenters. The summed E-state index contributed by atoms with van der Waals surface area (Å²) in [6.45, 7) is 1.96. The van der Waals surface area contributed by atoms with E-state index in [-0.39, 0.29) is 48.6 Å². The largest absolute Gasteiger partial charge is 0.474 e. The van der Waals surface area contributed by atoms with Gasteiger partial charge in [0.05, 0.1) is 40.9 Å². The van der Waals surface area contributed by atoms with Gasteiger partial charge in [0.15, 0.2) is 11.2 Å². The van der Waals surface area contributed by atoms with Crippen LogP contribution in [0, 0.1) is 17.1 Å². The van der Waals surface area contributed by atoms with E-state index in [0.29, 0.717) is 39.8 Å². The Morgan fingerprint density at radius 2 is 2.02 bits per heavy atom. The number of fused-ring (bicyclic) bond motifs is 3. The molecule has 3 aliphatic heterocycles. The van der Waals surface area contributed by atoms with Crippen molar-refractivity contribution in [2.75, 3.05) is 43.4 Å². The van der Waals surface area contributed by atoms with Crippen LogP contribution in [0.2, 0.25) is 0 Å². The zero-order valence-corrected chi connectivity index (χ0v) is 22.8. The summed E-state index contributed by atoms with van der Waals surface area (Å²) in [5.41, 5.74) is 7.35. The predicted octanol–water partition coefficient (Wildman–Crippen LogP) is 2.18. The monoisotopic (exact) mass is 582 g/mol. The van der Waals surface area contributed by atoms with Gasteiger partial charge in [-0.2, -0.15) is 15.2 Å². The number of thiophene rings is 1. The molecular formula is C27H28F2N8O3S. The van der Waals surface area contributed by atoms with Crippen LogP contribution in [-0.4, -0.2) is 91.3 Å². The first-order chi connectivity index (χ1) is 19.8. The van der Waals surface area contributed by atoms with Gasteiger partial charge in [-0.05, 0) is 31.0 Å². The number of nitrogen functional groups attached to an aromatic ring is 1. The first-order valence-electron chi connectivity index (χ1n) is 13.5. The molecule has 3 aliphatic rings. The molecule has 3 aromatic heterocycles. The van der Waals surface area contributed by atoms with E-state index in [1.807, 2.05) is 0 Å². The van der Waals surface area contributed by atoms with Gasteiger partial charge in [-0.3, -0.25) is 4.90 Å². The summed E-state index contributed by atoms with van der Waals surface area (Å²) < 4.78 is 37.4. The predicted molar refractivity (Wildman–Crippen MR) is 148 cm³/mol. The molecule has 4 aromatic rings. The number of hydrogen-bond donors (Lipinski definition) is 3. The zero-order valence-electron chi connectivity index (χ0n) is 22.0. The zero-order chi connectivity index (χ0) is 28.5. The molecule has 214 valence electrons. The Kier molecular flexibility index (Phi) is 6.23. The molecule has 0 bridgehead atoms. The summed E-state index contributed by atoms with van der Waals surface area (Å²) >= 11 is 1.03. The lowest BCUT2D eigenvalue weighted by molar-refractivity contribution is 0.0572. The number of aliphatic hydroxyl groups is 2. The number of alkyl halides is 1. The van der Waals surface area contributed by atoms with Crippen LogP contribution in [0.15, 0.2) is 18.5 Å². The number of β-amino-alcohol motifs (C(OH)–C–C–N with tert-alkyl or cyclic N) is 2. The van der Waals surface area contributed by atoms with E-state index in [9.17, 15) is 24.3 Å². The minimum absolute atomic E-state index is 0.139. The first kappa shape index (κ1) is 26.3. The highest BCUT2D eigenvalue weighted by molar-refractivity contribution is 7.23. The lowest BCUT2D eigenvalue weighted by atomic mass is 9.95. The SMILES string of the molecule is N#Cc1c(N)sc2c(F)ccc(Cn3cnc4c(OC[C@@]56CCCN5C[C@H](F)C6)nc(N5C[C@@H](O)[C@@H](O)C5)nc43)c12. The number of nitrogens with zero attached hydrogens (tertiary/aromatic N) is 7. The molecule has 3 saturated heterocycles. The van der Waals surface area contributed by atoms with E-state index in [4.69, 9.17) is 15.5 Å². The molecule has 0 amide bonds. The molecule has 3 fully saturated rings. The number of imidazole rings is 1. The third-order valence-corrected chi connectivity index (χ3v) is 9.58. The molecule has 11 nitrogen and oxygen atoms in total. The molecule has 0 unspecified atom stereocenters. The lowest BCUT2D eigenvalue weighted by Gasteiger charge is -2.31. The minimum Gasteiger partial charge on any atom is -0.474 e. The fourth-order valence-electron chi connectivity index (χ4n) is 6.53. The van der Waals surface area contributed by atoms with E-state index in [0.717, 1.165) is 30.7 Å². The third kappa shape index (κ3) is 4.26. The molecule has 14 heteroatoms. The molecular weight excluding hydrogens is 554 g/mol. The van der Waals surface area contributed by atoms with Crippen molar-refractivity contribution in [3.63, 3.8) is 0 Å². The number of benzene rings is 1. The Hall–Kier alpha value is -3.64. The standard InChI is InChI=1S/C27H28F2N8O3S/c28-15-6-27(4-1-5-37(27)9-15)12-40-25-21-24(33-26(34-25)35-10-18(38)19(39)11-35)36(13-32-21)8-14-2-3-17(29)22-20(14)16(7-30)23(31)41-22/h2-3,13,15,18-19,38-39H,1,4-6,8-12,31H2/t15-,18-,19+,27+/m1/s1. The quantitative estimate of drug-likeness (QED) is 0.309. The summed E-state index contributed by atoms with van der Waals surface area (Å²) in [7, 11) is 0. The van der Waals surface area contributed by atoms with E-state index in [2.05, 4.69) is 20.9 Å². The molecule has 0 saturated carbocycles. The maximum absolute atomic E-state index is 14.6. The molecule has 0 spiro atoms. The summed E-state index contributed by atoms with van der Waals surface area (Å²) in [5.74, 6) is 0.0266. The number of nitriles is 1. The summed E-state index contributed by atoms with van der Waals surface area (Å²) in [5, 5.41) is 30.7. The van der Waals surface area contributed by atoms with E-state index in [1.54, 1.807) is 21.9 Å². The number of nitrogens with two attached hydrogens (primary N) is 1. The number of rotatable bonds is 6. The van der Waals surface area contributed by atoms with Crippen LogP contribution in [-0.2, 0) is 6.54 Å². The van der Waals surface area contributed by atoms with Crippen molar-refractivity contribution in [1.82, 2.24) is 24.4 Å². The fraction of sp³-hybridized carbons (Fsp3) is 0.481. The topological polar surface area (TPSA) is 150 Å². The highest BCUT2D eigenvalue weighted by Gasteiger charge is 2.49. The van der Waals surface area contributed by atoms with Gasteiger partial charge in [-0.1, -0.05) is 6.07 Å². The second-order valence-corrected chi connectivity index (χ2v) is 12.2. The highest BCUT2D eigenvalue weighted by Crippen LogP contribution is 2.41. The van der Waals surface area contributed by atoms with Crippen molar-refractivity contribution in [3.05, 3.63) is 35.4 Å². The van der Waals surface area contributed by atoms with Gasteiger partial charge in [0.2, 0.25) is 11.8 Å². The number of halogens is 2. The number of ether oxygens (including phenoxy) is 1. The van der Waals surface area contributed by atoms with Crippen molar-refractivity contribution >= 4 is 43.5 Å². The fourth-order valence-corrected chi connectivity index (χ4v) is 7.50. The van der Waals surface area contributed by atoms with Crippen LogP contribution in [0.1, 0.15) is 30.4 Å². The van der Waals surface area contributed by atoms with Gasteiger partial charge in [0, 0.05) is 31.4 Å². The summed E-state index contributed by atoms with van der Waals surface area (Å²) in [4.78, 5) is 17.7. The van der Waals surface area contributed by atoms with E-state index in [1.165, 1.54) is 6.07 Å². The Morgan fingerprint density at radius 1 is 1.22 bits per heavy atom. The van der Waals surface area contributed by atoms with Crippen molar-refractivity contribution in [2.24, 2.45) is 0 Å². The van der Waals surface area contributed by atoms with Gasteiger partial charge < -0.3 is 30.2 Å². The van der Waals surface area contributed by atoms with Crippen LogP contribution in [0.5, 0.6) is 5.88 Å². The smallest absolute Gasteiger partial charge is 0.247 e. The molecule has 4 N–H and O–H groups in total. The van der Waals surface area contributed by atoms with Gasteiger partial charge in [-0.15, -0.1) is 11.3 Å². The number of hydrogen-bond acceptors (Lipinski definition) is 11. The lowest BCUT2D eigenvalue weighted by Crippen LogP contribution is -2.43. The van der Waals surface area contributed by atoms with E-state index < -0.39 is 29.7 Å². The van der Waals surface area contributed by atoms with E-state index >= 15 is 0 Å². The Balaban J connectivity index is 1.29. The molecule has 0 aliphatic carbocycles. The maximum atomic E-state index is 14.6. The van der Waals surface area contributed by atoms with Gasteiger partial charge >= 0.3 is 0 Å². The number of aromatic nitrogens is 4. The maximum Gasteiger partial charge on any atom is 0.247 e. The second kappa shape index (κ2) is 9.73. The molecule has 41 heavy (non-hydrogen) atoms. The minimum atomic E-state index is -0.949.